The fourth-order valence-electron chi connectivity index (χ4n) is 2.08. The van der Waals surface area contributed by atoms with Gasteiger partial charge in [0.25, 0.3) is 0 Å². The number of hydrogen-bond donors (Lipinski definition) is 5. The Morgan fingerprint density at radius 2 is 1.67 bits per heavy atom. The van der Waals surface area contributed by atoms with E-state index in [4.69, 9.17) is 9.88 Å². The summed E-state index contributed by atoms with van der Waals surface area (Å²) in [5, 5.41) is 36.9. The minimum Gasteiger partial charge on any atom is -0.388 e. The lowest BCUT2D eigenvalue weighted by Crippen LogP contribution is -2.58. The number of aliphatic hydroxyl groups excluding tert-OH is 3. The molecule has 1 saturated heterocycles. The molecule has 0 spiro atoms. The highest BCUT2D eigenvalue weighted by Crippen LogP contribution is 2.23. The van der Waals surface area contributed by atoms with Crippen LogP contribution >= 0.6 is 0 Å². The fraction of sp³-hybridized carbons (Fsp3) is 0.500. The molecular formula is C12H18N2O6S. The van der Waals surface area contributed by atoms with Crippen molar-refractivity contribution >= 4 is 15.7 Å². The number of benzene rings is 1. The summed E-state index contributed by atoms with van der Waals surface area (Å²) in [7, 11) is -3.77. The number of ether oxygens (including phenoxy) is 1. The van der Waals surface area contributed by atoms with Gasteiger partial charge in [0.05, 0.1) is 11.0 Å². The lowest BCUT2D eigenvalue weighted by Gasteiger charge is -2.39. The molecule has 1 fully saturated rings. The van der Waals surface area contributed by atoms with Gasteiger partial charge in [0.1, 0.15) is 18.3 Å². The van der Waals surface area contributed by atoms with Gasteiger partial charge in [-0.1, -0.05) is 0 Å². The lowest BCUT2D eigenvalue weighted by molar-refractivity contribution is -0.209. The van der Waals surface area contributed by atoms with E-state index < -0.39 is 40.7 Å². The number of hydrogen-bond acceptors (Lipinski definition) is 7. The summed E-state index contributed by atoms with van der Waals surface area (Å²) in [6, 6.07) is 5.53. The second kappa shape index (κ2) is 5.87. The van der Waals surface area contributed by atoms with E-state index in [2.05, 4.69) is 5.32 Å². The van der Waals surface area contributed by atoms with Crippen LogP contribution in [0.25, 0.3) is 0 Å². The Bertz CT molecular complexity index is 590. The minimum absolute atomic E-state index is 0.0398. The molecule has 0 amide bonds. The van der Waals surface area contributed by atoms with Crippen molar-refractivity contribution in [2.45, 2.75) is 42.5 Å². The molecule has 0 radical (unpaired) electrons. The molecule has 1 aliphatic rings. The molecule has 118 valence electrons. The number of aliphatic hydroxyl groups is 3. The predicted octanol–water partition coefficient (Wildman–Crippen LogP) is -1.43. The van der Waals surface area contributed by atoms with Crippen LogP contribution in [0.15, 0.2) is 29.2 Å². The zero-order valence-electron chi connectivity index (χ0n) is 11.2. The molecule has 1 aromatic carbocycles. The van der Waals surface area contributed by atoms with Gasteiger partial charge in [-0.3, -0.25) is 0 Å². The van der Waals surface area contributed by atoms with E-state index in [-0.39, 0.29) is 4.90 Å². The Morgan fingerprint density at radius 1 is 1.10 bits per heavy atom. The molecule has 8 nitrogen and oxygen atoms in total. The second-order valence-electron chi connectivity index (χ2n) is 4.95. The number of nitrogens with two attached hydrogens (primary N) is 1. The molecule has 0 saturated carbocycles. The highest BCUT2D eigenvalue weighted by molar-refractivity contribution is 7.89. The molecule has 6 N–H and O–H groups in total. The van der Waals surface area contributed by atoms with Crippen molar-refractivity contribution < 1.29 is 28.5 Å². The van der Waals surface area contributed by atoms with E-state index >= 15 is 0 Å². The number of anilines is 1. The Hall–Kier alpha value is -1.23. The van der Waals surface area contributed by atoms with Crippen molar-refractivity contribution in [3.05, 3.63) is 24.3 Å². The Morgan fingerprint density at radius 3 is 2.19 bits per heavy atom. The van der Waals surface area contributed by atoms with E-state index in [1.807, 2.05) is 0 Å². The number of nitrogens with one attached hydrogen (secondary N) is 1. The first-order valence-electron chi connectivity index (χ1n) is 6.29. The second-order valence-corrected chi connectivity index (χ2v) is 6.51. The van der Waals surface area contributed by atoms with E-state index in [1.165, 1.54) is 24.3 Å². The Balaban J connectivity index is 2.11. The maximum Gasteiger partial charge on any atom is 0.238 e. The molecule has 1 aromatic rings. The Labute approximate surface area is 122 Å². The molecule has 2 rings (SSSR count). The summed E-state index contributed by atoms with van der Waals surface area (Å²) in [6.07, 6.45) is -5.44. The molecule has 5 atom stereocenters. The van der Waals surface area contributed by atoms with Crippen LogP contribution in [0.1, 0.15) is 6.92 Å². The van der Waals surface area contributed by atoms with Crippen LogP contribution in [0.2, 0.25) is 0 Å². The molecule has 9 heteroatoms. The summed E-state index contributed by atoms with van der Waals surface area (Å²) in [6.45, 7) is 1.57. The molecule has 1 heterocycles. The average Bonchev–Trinajstić information content (AvgIpc) is 2.42. The van der Waals surface area contributed by atoms with Crippen molar-refractivity contribution in [1.29, 1.82) is 0 Å². The van der Waals surface area contributed by atoms with Gasteiger partial charge in [-0.15, -0.1) is 0 Å². The van der Waals surface area contributed by atoms with Crippen LogP contribution in [0.4, 0.5) is 5.69 Å². The molecule has 0 aliphatic carbocycles. The van der Waals surface area contributed by atoms with Gasteiger partial charge >= 0.3 is 0 Å². The number of primary sulfonamides is 1. The van der Waals surface area contributed by atoms with Crippen LogP contribution < -0.4 is 10.5 Å². The summed E-state index contributed by atoms with van der Waals surface area (Å²) in [4.78, 5) is -0.0398. The molecule has 21 heavy (non-hydrogen) atoms. The van der Waals surface area contributed by atoms with Gasteiger partial charge in [-0.05, 0) is 31.2 Å². The van der Waals surface area contributed by atoms with E-state index in [9.17, 15) is 23.7 Å². The van der Waals surface area contributed by atoms with Crippen LogP contribution in [0, 0.1) is 0 Å². The van der Waals surface area contributed by atoms with Gasteiger partial charge < -0.3 is 25.4 Å². The van der Waals surface area contributed by atoms with E-state index in [0.717, 1.165) is 0 Å². The quantitative estimate of drug-likeness (QED) is 0.460. The van der Waals surface area contributed by atoms with Crippen LogP contribution in [-0.4, -0.2) is 54.4 Å². The molecule has 0 bridgehead atoms. The predicted molar refractivity (Wildman–Crippen MR) is 73.8 cm³/mol. The third-order valence-electron chi connectivity index (χ3n) is 3.34. The molecule has 1 unspecified atom stereocenters. The Kier molecular flexibility index (Phi) is 4.51. The first-order chi connectivity index (χ1) is 9.70. The third kappa shape index (κ3) is 3.51. The number of rotatable bonds is 3. The highest BCUT2D eigenvalue weighted by atomic mass is 32.2. The normalized spacial score (nSPS) is 33.7. The first kappa shape index (κ1) is 16.1. The summed E-state index contributed by atoms with van der Waals surface area (Å²) >= 11 is 0. The fourth-order valence-corrected chi connectivity index (χ4v) is 2.59. The van der Waals surface area contributed by atoms with Gasteiger partial charge in [0.2, 0.25) is 10.0 Å². The minimum atomic E-state index is -3.77. The maximum absolute atomic E-state index is 11.1. The van der Waals surface area contributed by atoms with Crippen LogP contribution in [0.5, 0.6) is 0 Å². The van der Waals surface area contributed by atoms with Crippen molar-refractivity contribution in [2.24, 2.45) is 5.14 Å². The largest absolute Gasteiger partial charge is 0.388 e. The summed E-state index contributed by atoms with van der Waals surface area (Å²) in [5.74, 6) is 0. The van der Waals surface area contributed by atoms with Gasteiger partial charge in [0.15, 0.2) is 6.23 Å². The summed E-state index contributed by atoms with van der Waals surface area (Å²) < 4.78 is 27.6. The van der Waals surface area contributed by atoms with Crippen LogP contribution in [-0.2, 0) is 14.8 Å². The van der Waals surface area contributed by atoms with Gasteiger partial charge in [0, 0.05) is 5.69 Å². The molecule has 1 aliphatic heterocycles. The zero-order valence-corrected chi connectivity index (χ0v) is 12.1. The number of sulfonamides is 1. The molecular weight excluding hydrogens is 300 g/mol. The SMILES string of the molecule is C[C@@H]1OC(Nc2ccc(S(N)(=O)=O)cc2)[C@H](O)[C@H](O)[C@H]1O. The standard InChI is InChI=1S/C12H18N2O6S/c1-6-9(15)10(16)11(17)12(20-6)14-7-2-4-8(5-3-7)21(13,18)19/h2-6,9-12,14-17H,1H3,(H2,13,18,19)/t6-,9-,10+,11+,12?/m0/s1. The summed E-state index contributed by atoms with van der Waals surface area (Å²) in [5.41, 5.74) is 0.474. The molecule has 0 aromatic heterocycles. The van der Waals surface area contributed by atoms with Gasteiger partial charge in [-0.2, -0.15) is 0 Å². The smallest absolute Gasteiger partial charge is 0.238 e. The zero-order chi connectivity index (χ0) is 15.8. The van der Waals surface area contributed by atoms with Crippen molar-refractivity contribution in [1.82, 2.24) is 0 Å². The van der Waals surface area contributed by atoms with Crippen LogP contribution in [0.3, 0.4) is 0 Å². The van der Waals surface area contributed by atoms with E-state index in [0.29, 0.717) is 5.69 Å². The maximum atomic E-state index is 11.1. The van der Waals surface area contributed by atoms with Crippen molar-refractivity contribution in [2.75, 3.05) is 5.32 Å². The highest BCUT2D eigenvalue weighted by Gasteiger charge is 2.41. The monoisotopic (exact) mass is 318 g/mol. The van der Waals surface area contributed by atoms with E-state index in [1.54, 1.807) is 6.92 Å². The first-order valence-corrected chi connectivity index (χ1v) is 7.84. The lowest BCUT2D eigenvalue weighted by atomic mass is 9.99. The average molecular weight is 318 g/mol. The third-order valence-corrected chi connectivity index (χ3v) is 4.27. The van der Waals surface area contributed by atoms with Crippen molar-refractivity contribution in [3.63, 3.8) is 0 Å². The topological polar surface area (TPSA) is 142 Å². The van der Waals surface area contributed by atoms with Crippen molar-refractivity contribution in [3.8, 4) is 0 Å². The van der Waals surface area contributed by atoms with Gasteiger partial charge in [-0.25, -0.2) is 13.6 Å².